The smallest absolute Gasteiger partial charge is 0.462 e. The lowest BCUT2D eigenvalue weighted by Gasteiger charge is -2.21. The minimum atomic E-state index is -4.96. The van der Waals surface area contributed by atoms with Gasteiger partial charge in [-0.05, 0) is 69.1 Å². The molecule has 0 radical (unpaired) electrons. The van der Waals surface area contributed by atoms with Crippen molar-refractivity contribution in [3.05, 3.63) is 24.3 Å². The first kappa shape index (κ1) is 90.5. The largest absolute Gasteiger partial charge is 0.472 e. The van der Waals surface area contributed by atoms with Gasteiger partial charge in [0.15, 0.2) is 12.2 Å². The van der Waals surface area contributed by atoms with E-state index in [0.717, 1.165) is 121 Å². The lowest BCUT2D eigenvalue weighted by Crippen LogP contribution is -2.30. The number of carbonyl (C=O) groups is 4. The van der Waals surface area contributed by atoms with E-state index < -0.39 is 97.5 Å². The molecule has 0 saturated heterocycles. The molecule has 0 aromatic heterocycles. The van der Waals surface area contributed by atoms with Crippen LogP contribution in [0.5, 0.6) is 0 Å². The van der Waals surface area contributed by atoms with E-state index in [1.807, 2.05) is 0 Å². The van der Waals surface area contributed by atoms with Crippen molar-refractivity contribution >= 4 is 39.5 Å². The third kappa shape index (κ3) is 66.6. The Balaban J connectivity index is 5.29. The van der Waals surface area contributed by atoms with E-state index in [-0.39, 0.29) is 25.7 Å². The van der Waals surface area contributed by atoms with Crippen molar-refractivity contribution in [3.8, 4) is 0 Å². The van der Waals surface area contributed by atoms with Crippen LogP contribution in [0.4, 0.5) is 0 Å². The third-order valence-corrected chi connectivity index (χ3v) is 18.8. The molecule has 3 N–H and O–H groups in total. The fourth-order valence-corrected chi connectivity index (χ4v) is 12.3. The molecule has 93 heavy (non-hydrogen) atoms. The minimum absolute atomic E-state index is 0.0844. The standard InChI is InChI=1S/C74H140O17P2/c1-8-10-11-12-13-14-15-16-17-18-22-29-34-43-50-57-73(78)90-69(61-84-71(76)55-48-41-33-28-25-24-27-32-40-47-54-67(7)9-2)63-88-92(80,81)86-59-68(75)60-87-93(82,83)89-64-70(62-85-72(77)56-49-42-37-36-39-46-53-66(5)6)91-74(79)58-51-44-35-30-23-20-19-21-26-31-38-45-52-65(3)4/h14-17,65-70,75H,8-13,18-64H2,1-7H3,(H,80,81)(H,82,83)/b15-14-,17-16-/t67?,68-,69-,70-/m1/s1. The highest BCUT2D eigenvalue weighted by molar-refractivity contribution is 7.47. The van der Waals surface area contributed by atoms with Crippen LogP contribution in [-0.4, -0.2) is 96.7 Å². The number of unbranched alkanes of at least 4 members (excludes halogenated alkanes) is 34. The van der Waals surface area contributed by atoms with E-state index in [2.05, 4.69) is 72.8 Å². The van der Waals surface area contributed by atoms with Gasteiger partial charge in [0, 0.05) is 25.7 Å². The number of hydrogen-bond donors (Lipinski definition) is 3. The van der Waals surface area contributed by atoms with Crippen LogP contribution >= 0.6 is 15.6 Å². The van der Waals surface area contributed by atoms with Crippen LogP contribution in [0.15, 0.2) is 24.3 Å². The maximum atomic E-state index is 13.1. The number of aliphatic hydroxyl groups excluding tert-OH is 1. The number of rotatable bonds is 70. The fraction of sp³-hybridized carbons (Fsp3) is 0.892. The predicted octanol–water partition coefficient (Wildman–Crippen LogP) is 21.0. The molecule has 548 valence electrons. The lowest BCUT2D eigenvalue weighted by atomic mass is 9.99. The Labute approximate surface area is 567 Å². The Hall–Kier alpha value is -2.46. The molecule has 0 aliphatic heterocycles. The quantitative estimate of drug-likeness (QED) is 0.0169. The molecule has 0 amide bonds. The second-order valence-electron chi connectivity index (χ2n) is 27.2. The molecule has 17 nitrogen and oxygen atoms in total. The molecule has 0 rings (SSSR count). The van der Waals surface area contributed by atoms with Gasteiger partial charge in [0.1, 0.15) is 19.3 Å². The zero-order chi connectivity index (χ0) is 68.7. The van der Waals surface area contributed by atoms with E-state index in [0.29, 0.717) is 31.6 Å². The van der Waals surface area contributed by atoms with E-state index >= 15 is 0 Å². The molecule has 0 saturated carbocycles. The zero-order valence-electron chi connectivity index (χ0n) is 60.2. The Morgan fingerprint density at radius 2 is 0.634 bits per heavy atom. The molecule has 19 heteroatoms. The van der Waals surface area contributed by atoms with Gasteiger partial charge in [-0.15, -0.1) is 0 Å². The number of allylic oxidation sites excluding steroid dienone is 4. The van der Waals surface area contributed by atoms with Crippen LogP contribution in [0.25, 0.3) is 0 Å². The summed E-state index contributed by atoms with van der Waals surface area (Å²) in [6, 6.07) is 0. The molecule has 0 heterocycles. The van der Waals surface area contributed by atoms with E-state index in [9.17, 15) is 43.2 Å². The summed E-state index contributed by atoms with van der Waals surface area (Å²) >= 11 is 0. The van der Waals surface area contributed by atoms with Crippen molar-refractivity contribution in [2.75, 3.05) is 39.6 Å². The van der Waals surface area contributed by atoms with Crippen molar-refractivity contribution in [3.63, 3.8) is 0 Å². The monoisotopic (exact) mass is 1360 g/mol. The molecule has 0 aromatic carbocycles. The van der Waals surface area contributed by atoms with Crippen molar-refractivity contribution in [1.82, 2.24) is 0 Å². The maximum Gasteiger partial charge on any atom is 0.472 e. The summed E-state index contributed by atoms with van der Waals surface area (Å²) in [5.41, 5.74) is 0. The van der Waals surface area contributed by atoms with Crippen molar-refractivity contribution < 1.29 is 80.2 Å². The molecular formula is C74H140O17P2. The van der Waals surface area contributed by atoms with Gasteiger partial charge >= 0.3 is 39.5 Å². The molecule has 0 spiro atoms. The van der Waals surface area contributed by atoms with Gasteiger partial charge in [-0.25, -0.2) is 9.13 Å². The van der Waals surface area contributed by atoms with Gasteiger partial charge in [0.25, 0.3) is 0 Å². The number of esters is 4. The van der Waals surface area contributed by atoms with Crippen LogP contribution in [0.3, 0.4) is 0 Å². The fourth-order valence-electron chi connectivity index (χ4n) is 10.7. The van der Waals surface area contributed by atoms with Crippen molar-refractivity contribution in [2.24, 2.45) is 17.8 Å². The Bertz CT molecular complexity index is 1910. The molecule has 3 unspecified atom stereocenters. The maximum absolute atomic E-state index is 13.1. The number of hydrogen-bond acceptors (Lipinski definition) is 15. The topological polar surface area (TPSA) is 237 Å². The third-order valence-electron chi connectivity index (χ3n) is 16.9. The van der Waals surface area contributed by atoms with E-state index in [1.54, 1.807) is 0 Å². The highest BCUT2D eigenvalue weighted by Gasteiger charge is 2.30. The van der Waals surface area contributed by atoms with Crippen LogP contribution in [0, 0.1) is 17.8 Å². The average Bonchev–Trinajstić information content (AvgIpc) is 2.93. The second-order valence-corrected chi connectivity index (χ2v) is 30.1. The van der Waals surface area contributed by atoms with E-state index in [1.165, 1.54) is 141 Å². The SMILES string of the molecule is CCCCCC/C=C\C=C/CCCCCCCC(=O)O[C@H](COC(=O)CCCCCCCCCCCCC(C)CC)COP(=O)(O)OC[C@@H](O)COP(=O)(O)OC[C@@H](COC(=O)CCCCCCCCC(C)C)OC(=O)CCCCCCCCCCCCCCC(C)C. The number of phosphoric ester groups is 2. The Morgan fingerprint density at radius 1 is 0.355 bits per heavy atom. The van der Waals surface area contributed by atoms with Crippen LogP contribution in [0.2, 0.25) is 0 Å². The molecule has 6 atom stereocenters. The second kappa shape index (κ2) is 64.2. The number of phosphoric acid groups is 2. The normalized spacial score (nSPS) is 14.6. The van der Waals surface area contributed by atoms with Gasteiger partial charge < -0.3 is 33.8 Å². The molecule has 0 bridgehead atoms. The molecule has 0 aromatic rings. The summed E-state index contributed by atoms with van der Waals surface area (Å²) in [5.74, 6) is 0.107. The highest BCUT2D eigenvalue weighted by Crippen LogP contribution is 2.45. The number of ether oxygens (including phenoxy) is 4. The minimum Gasteiger partial charge on any atom is -0.462 e. The Morgan fingerprint density at radius 3 is 0.957 bits per heavy atom. The lowest BCUT2D eigenvalue weighted by molar-refractivity contribution is -0.161. The molecule has 0 aliphatic rings. The predicted molar refractivity (Wildman–Crippen MR) is 377 cm³/mol. The van der Waals surface area contributed by atoms with Gasteiger partial charge in [-0.3, -0.25) is 37.3 Å². The van der Waals surface area contributed by atoms with Crippen molar-refractivity contribution in [1.29, 1.82) is 0 Å². The zero-order valence-corrected chi connectivity index (χ0v) is 62.0. The van der Waals surface area contributed by atoms with Gasteiger partial charge in [-0.1, -0.05) is 297 Å². The summed E-state index contributed by atoms with van der Waals surface area (Å²) < 4.78 is 68.4. The Kier molecular flexibility index (Phi) is 62.5. The summed E-state index contributed by atoms with van der Waals surface area (Å²) in [7, 11) is -9.92. The van der Waals surface area contributed by atoms with Crippen LogP contribution < -0.4 is 0 Å². The van der Waals surface area contributed by atoms with Gasteiger partial charge in [0.2, 0.25) is 0 Å². The molecule has 0 fully saturated rings. The average molecular weight is 1360 g/mol. The molecular weight excluding hydrogens is 1220 g/mol. The van der Waals surface area contributed by atoms with Crippen molar-refractivity contribution in [2.45, 2.75) is 369 Å². The number of carbonyl (C=O) groups excluding carboxylic acids is 4. The van der Waals surface area contributed by atoms with Gasteiger partial charge in [-0.2, -0.15) is 0 Å². The summed E-state index contributed by atoms with van der Waals surface area (Å²) in [4.78, 5) is 72.7. The van der Waals surface area contributed by atoms with Crippen LogP contribution in [0.1, 0.15) is 350 Å². The van der Waals surface area contributed by atoms with E-state index in [4.69, 9.17) is 37.0 Å². The van der Waals surface area contributed by atoms with Gasteiger partial charge in [0.05, 0.1) is 26.4 Å². The highest BCUT2D eigenvalue weighted by atomic mass is 31.2. The summed E-state index contributed by atoms with van der Waals surface area (Å²) in [6.07, 6.45) is 52.2. The first-order valence-electron chi connectivity index (χ1n) is 37.7. The number of aliphatic hydroxyl groups is 1. The first-order valence-corrected chi connectivity index (χ1v) is 40.7. The van der Waals surface area contributed by atoms with Crippen LogP contribution in [-0.2, 0) is 65.4 Å². The summed E-state index contributed by atoms with van der Waals surface area (Å²) in [5, 5.41) is 10.6. The first-order chi connectivity index (χ1) is 44.8. The summed E-state index contributed by atoms with van der Waals surface area (Å²) in [6.45, 7) is 11.8. The molecule has 0 aliphatic carbocycles.